The highest BCUT2D eigenvalue weighted by Gasteiger charge is 2.45. The quantitative estimate of drug-likeness (QED) is 0.604. The minimum absolute atomic E-state index is 0.0166. The summed E-state index contributed by atoms with van der Waals surface area (Å²) in [5.41, 5.74) is 5.47. The van der Waals surface area contributed by atoms with E-state index in [4.69, 9.17) is 31.0 Å². The summed E-state index contributed by atoms with van der Waals surface area (Å²) in [4.78, 5) is 0. The van der Waals surface area contributed by atoms with Crippen molar-refractivity contribution in [2.75, 3.05) is 6.61 Å². The van der Waals surface area contributed by atoms with Gasteiger partial charge in [0.1, 0.15) is 29.4 Å². The lowest BCUT2D eigenvalue weighted by Gasteiger charge is -2.26. The maximum atomic E-state index is 9.07. The van der Waals surface area contributed by atoms with E-state index in [1.165, 1.54) is 0 Å². The second-order valence-corrected chi connectivity index (χ2v) is 4.07. The molecule has 6 nitrogen and oxygen atoms in total. The number of nitriles is 3. The number of hydrogen-bond acceptors (Lipinski definition) is 6. The topological polar surface area (TPSA) is 116 Å². The highest BCUT2D eigenvalue weighted by atomic mass is 16.7. The molecule has 0 saturated carbocycles. The van der Waals surface area contributed by atoms with Crippen LogP contribution in [0.25, 0.3) is 0 Å². The highest BCUT2D eigenvalue weighted by Crippen LogP contribution is 2.39. The van der Waals surface area contributed by atoms with Gasteiger partial charge >= 0.3 is 0 Å². The maximum Gasteiger partial charge on any atom is 0.239 e. The van der Waals surface area contributed by atoms with Gasteiger partial charge in [-0.1, -0.05) is 13.3 Å². The molecule has 0 amide bonds. The summed E-state index contributed by atoms with van der Waals surface area (Å²) in [5.74, 6) is -1.48. The first-order valence-corrected chi connectivity index (χ1v) is 5.82. The molecule has 98 valence electrons. The Morgan fingerprint density at radius 2 is 2.00 bits per heavy atom. The summed E-state index contributed by atoms with van der Waals surface area (Å²) in [6, 6.07) is 5.33. The van der Waals surface area contributed by atoms with Crippen LogP contribution in [0.2, 0.25) is 0 Å². The van der Waals surface area contributed by atoms with Crippen LogP contribution in [0.1, 0.15) is 26.7 Å². The van der Waals surface area contributed by atoms with E-state index in [2.05, 4.69) is 0 Å². The molecule has 0 aromatic rings. The summed E-state index contributed by atoms with van der Waals surface area (Å²) < 4.78 is 10.9. The van der Waals surface area contributed by atoms with Gasteiger partial charge in [0, 0.05) is 6.92 Å². The van der Waals surface area contributed by atoms with Crippen molar-refractivity contribution in [2.24, 2.45) is 5.73 Å². The van der Waals surface area contributed by atoms with E-state index in [0.717, 1.165) is 12.8 Å². The van der Waals surface area contributed by atoms with Gasteiger partial charge in [0.15, 0.2) is 0 Å². The highest BCUT2D eigenvalue weighted by molar-refractivity contribution is 5.59. The zero-order chi connectivity index (χ0) is 14.5. The van der Waals surface area contributed by atoms with Crippen LogP contribution in [0.3, 0.4) is 0 Å². The van der Waals surface area contributed by atoms with Gasteiger partial charge in [-0.15, -0.1) is 0 Å². The van der Waals surface area contributed by atoms with E-state index in [0.29, 0.717) is 6.61 Å². The molecule has 19 heavy (non-hydrogen) atoms. The molecule has 1 heterocycles. The molecule has 0 spiro atoms. The Morgan fingerprint density at radius 3 is 2.47 bits per heavy atom. The van der Waals surface area contributed by atoms with Crippen molar-refractivity contribution in [3.8, 4) is 18.2 Å². The fraction of sp³-hybridized carbons (Fsp3) is 0.462. The Hall–Kier alpha value is -2.49. The fourth-order valence-electron chi connectivity index (χ4n) is 1.77. The molecule has 1 aliphatic rings. The average Bonchev–Trinajstić information content (AvgIpc) is 2.63. The van der Waals surface area contributed by atoms with Gasteiger partial charge in [-0.2, -0.15) is 15.8 Å². The van der Waals surface area contributed by atoms with Gasteiger partial charge in [0.2, 0.25) is 11.7 Å². The summed E-state index contributed by atoms with van der Waals surface area (Å²) in [5, 5.41) is 27.0. The zero-order valence-corrected chi connectivity index (χ0v) is 10.9. The van der Waals surface area contributed by atoms with Gasteiger partial charge in [-0.25, -0.2) is 0 Å². The summed E-state index contributed by atoms with van der Waals surface area (Å²) >= 11 is 0. The molecule has 1 aliphatic heterocycles. The Labute approximate surface area is 111 Å². The third-order valence-corrected chi connectivity index (χ3v) is 2.72. The second kappa shape index (κ2) is 5.91. The summed E-state index contributed by atoms with van der Waals surface area (Å²) in [6.45, 7) is 3.93. The normalized spacial score (nSPS) is 21.3. The molecule has 1 rings (SSSR count). The first-order valence-electron chi connectivity index (χ1n) is 5.82. The third-order valence-electron chi connectivity index (χ3n) is 2.72. The van der Waals surface area contributed by atoms with Crippen LogP contribution in [0.4, 0.5) is 0 Å². The molecule has 1 atom stereocenters. The number of rotatable bonds is 4. The summed E-state index contributed by atoms with van der Waals surface area (Å²) in [7, 11) is 0. The average molecular weight is 258 g/mol. The molecule has 0 radical (unpaired) electrons. The third kappa shape index (κ3) is 2.68. The molecule has 6 heteroatoms. The van der Waals surface area contributed by atoms with Crippen molar-refractivity contribution >= 4 is 0 Å². The second-order valence-electron chi connectivity index (χ2n) is 4.07. The van der Waals surface area contributed by atoms with Crippen LogP contribution in [0.5, 0.6) is 0 Å². The predicted octanol–water partition coefficient (Wildman–Crippen LogP) is 1.59. The predicted molar refractivity (Wildman–Crippen MR) is 65.4 cm³/mol. The minimum Gasteiger partial charge on any atom is -0.442 e. The molecule has 2 N–H and O–H groups in total. The minimum atomic E-state index is -1.36. The molecule has 0 saturated heterocycles. The van der Waals surface area contributed by atoms with E-state index in [9.17, 15) is 0 Å². The lowest BCUT2D eigenvalue weighted by atomic mass is 9.97. The largest absolute Gasteiger partial charge is 0.442 e. The van der Waals surface area contributed by atoms with E-state index >= 15 is 0 Å². The Morgan fingerprint density at radius 1 is 1.37 bits per heavy atom. The monoisotopic (exact) mass is 258 g/mol. The molecule has 0 aliphatic carbocycles. The number of nitrogens with zero attached hydrogens (tertiary/aromatic N) is 3. The van der Waals surface area contributed by atoms with Crippen LogP contribution in [0.15, 0.2) is 22.6 Å². The van der Waals surface area contributed by atoms with Crippen LogP contribution in [0, 0.1) is 34.0 Å². The molecule has 0 bridgehead atoms. The van der Waals surface area contributed by atoms with Crippen molar-refractivity contribution in [3.05, 3.63) is 22.6 Å². The van der Waals surface area contributed by atoms with Crippen molar-refractivity contribution in [2.45, 2.75) is 32.5 Å². The summed E-state index contributed by atoms with van der Waals surface area (Å²) in [6.07, 6.45) is 1.72. The van der Waals surface area contributed by atoms with Gasteiger partial charge < -0.3 is 15.2 Å². The van der Waals surface area contributed by atoms with E-state index < -0.39 is 5.79 Å². The van der Waals surface area contributed by atoms with Crippen LogP contribution >= 0.6 is 0 Å². The number of allylic oxidation sites excluding steroid dienone is 1. The van der Waals surface area contributed by atoms with Crippen LogP contribution < -0.4 is 5.73 Å². The van der Waals surface area contributed by atoms with Crippen molar-refractivity contribution in [1.29, 1.82) is 15.8 Å². The molecular formula is C13H14N4O2. The number of ether oxygens (including phenoxy) is 2. The van der Waals surface area contributed by atoms with Gasteiger partial charge in [0.05, 0.1) is 12.2 Å². The Kier molecular flexibility index (Phi) is 4.53. The first-order chi connectivity index (χ1) is 9.03. The molecular weight excluding hydrogens is 244 g/mol. The Balaban J connectivity index is 3.24. The first kappa shape index (κ1) is 14.6. The maximum absolute atomic E-state index is 9.07. The van der Waals surface area contributed by atoms with E-state index in [-0.39, 0.29) is 22.6 Å². The van der Waals surface area contributed by atoms with Crippen molar-refractivity contribution < 1.29 is 9.47 Å². The molecule has 1 unspecified atom stereocenters. The van der Waals surface area contributed by atoms with E-state index in [1.54, 1.807) is 19.1 Å². The van der Waals surface area contributed by atoms with E-state index in [1.807, 2.05) is 13.0 Å². The van der Waals surface area contributed by atoms with Gasteiger partial charge in [-0.05, 0) is 6.42 Å². The molecule has 0 aromatic heterocycles. The SMILES string of the molecule is CCCCOC1(C)OC(N)=C(C#N)C1=C(C#N)C#N. The lowest BCUT2D eigenvalue weighted by molar-refractivity contribution is -0.165. The van der Waals surface area contributed by atoms with Crippen LogP contribution in [-0.2, 0) is 9.47 Å². The van der Waals surface area contributed by atoms with Crippen molar-refractivity contribution in [3.63, 3.8) is 0 Å². The molecule has 0 fully saturated rings. The molecule has 0 aromatic carbocycles. The number of unbranched alkanes of at least 4 members (excludes halogenated alkanes) is 1. The smallest absolute Gasteiger partial charge is 0.239 e. The Bertz CT molecular complexity index is 541. The van der Waals surface area contributed by atoms with Gasteiger partial charge in [-0.3, -0.25) is 0 Å². The number of hydrogen-bond donors (Lipinski definition) is 1. The number of nitrogens with two attached hydrogens (primary N) is 1. The van der Waals surface area contributed by atoms with Crippen molar-refractivity contribution in [1.82, 2.24) is 0 Å². The lowest BCUT2D eigenvalue weighted by Crippen LogP contribution is -2.32. The van der Waals surface area contributed by atoms with Crippen LogP contribution in [-0.4, -0.2) is 12.4 Å². The fourth-order valence-corrected chi connectivity index (χ4v) is 1.77. The zero-order valence-electron chi connectivity index (χ0n) is 10.9. The standard InChI is InChI=1S/C13H14N4O2/c1-3-4-5-18-13(2)11(9(6-14)7-15)10(8-16)12(17)19-13/h3-5,17H2,1-2H3. The van der Waals surface area contributed by atoms with Gasteiger partial charge in [0.25, 0.3) is 0 Å².